The Hall–Kier alpha value is -2.60. The number of aryl methyl sites for hydroxylation is 2. The lowest BCUT2D eigenvalue weighted by molar-refractivity contribution is -0.117. The molecule has 0 aliphatic heterocycles. The minimum atomic E-state index is -0.390. The highest BCUT2D eigenvalue weighted by Crippen LogP contribution is 2.25. The first-order valence-electron chi connectivity index (χ1n) is 7.51. The number of halogens is 1. The van der Waals surface area contributed by atoms with Crippen molar-refractivity contribution in [2.75, 3.05) is 5.32 Å². The molecule has 24 heavy (non-hydrogen) atoms. The second-order valence-electron chi connectivity index (χ2n) is 5.56. The number of rotatable bonds is 4. The molecule has 1 amide bonds. The van der Waals surface area contributed by atoms with Gasteiger partial charge in [-0.25, -0.2) is 4.68 Å². The first-order valence-corrected chi connectivity index (χ1v) is 7.88. The third-order valence-electron chi connectivity index (χ3n) is 3.86. The SMILES string of the molecule is Cc1noc(C)c1[C@H](C)C(=O)Nc1ccnn1-c1cccc(Cl)c1. The second kappa shape index (κ2) is 6.49. The number of nitrogens with one attached hydrogen (secondary N) is 1. The summed E-state index contributed by atoms with van der Waals surface area (Å²) in [5.74, 6) is 0.673. The van der Waals surface area contributed by atoms with E-state index in [1.165, 1.54) is 0 Å². The number of hydrogen-bond donors (Lipinski definition) is 1. The Balaban J connectivity index is 1.85. The molecule has 0 saturated heterocycles. The molecule has 124 valence electrons. The minimum absolute atomic E-state index is 0.159. The van der Waals surface area contributed by atoms with E-state index in [0.717, 1.165) is 16.9 Å². The van der Waals surface area contributed by atoms with E-state index < -0.39 is 0 Å². The maximum Gasteiger partial charge on any atom is 0.232 e. The largest absolute Gasteiger partial charge is 0.361 e. The van der Waals surface area contributed by atoms with Gasteiger partial charge in [-0.05, 0) is 39.0 Å². The predicted octanol–water partition coefficient (Wildman–Crippen LogP) is 3.87. The first-order chi connectivity index (χ1) is 11.5. The molecule has 1 atom stereocenters. The van der Waals surface area contributed by atoms with E-state index in [2.05, 4.69) is 15.6 Å². The van der Waals surface area contributed by atoms with Gasteiger partial charge in [0.2, 0.25) is 5.91 Å². The lowest BCUT2D eigenvalue weighted by Crippen LogP contribution is -2.21. The number of nitrogens with zero attached hydrogens (tertiary/aromatic N) is 3. The lowest BCUT2D eigenvalue weighted by Gasteiger charge is -2.13. The van der Waals surface area contributed by atoms with Crippen LogP contribution in [0.5, 0.6) is 0 Å². The van der Waals surface area contributed by atoms with Gasteiger partial charge in [0, 0.05) is 16.7 Å². The number of benzene rings is 1. The third kappa shape index (κ3) is 3.05. The molecule has 2 aromatic heterocycles. The fourth-order valence-electron chi connectivity index (χ4n) is 2.69. The van der Waals surface area contributed by atoms with Crippen LogP contribution in [0.1, 0.15) is 29.9 Å². The first kappa shape index (κ1) is 16.3. The summed E-state index contributed by atoms with van der Waals surface area (Å²) in [5, 5.41) is 11.7. The number of carbonyl (C=O) groups excluding carboxylic acids is 1. The Kier molecular flexibility index (Phi) is 4.40. The van der Waals surface area contributed by atoms with Crippen molar-refractivity contribution in [2.24, 2.45) is 0 Å². The number of anilines is 1. The highest BCUT2D eigenvalue weighted by Gasteiger charge is 2.23. The highest BCUT2D eigenvalue weighted by molar-refractivity contribution is 6.30. The van der Waals surface area contributed by atoms with Gasteiger partial charge in [0.1, 0.15) is 11.6 Å². The third-order valence-corrected chi connectivity index (χ3v) is 4.10. The summed E-state index contributed by atoms with van der Waals surface area (Å²) in [6.07, 6.45) is 1.62. The van der Waals surface area contributed by atoms with Gasteiger partial charge < -0.3 is 9.84 Å². The number of hydrogen-bond acceptors (Lipinski definition) is 4. The standard InChI is InChI=1S/C17H17ClN4O2/c1-10(16-11(2)21-24-12(16)3)17(23)20-15-7-8-19-22(15)14-6-4-5-13(18)9-14/h4-10H,1-3H3,(H,20,23)/t10-/m0/s1. The van der Waals surface area contributed by atoms with E-state index >= 15 is 0 Å². The van der Waals surface area contributed by atoms with Crippen molar-refractivity contribution in [3.8, 4) is 5.69 Å². The smallest absolute Gasteiger partial charge is 0.232 e. The van der Waals surface area contributed by atoms with Crippen LogP contribution in [0.4, 0.5) is 5.82 Å². The monoisotopic (exact) mass is 344 g/mol. The van der Waals surface area contributed by atoms with E-state index in [9.17, 15) is 4.79 Å². The van der Waals surface area contributed by atoms with Gasteiger partial charge in [0.05, 0.1) is 23.5 Å². The summed E-state index contributed by atoms with van der Waals surface area (Å²) >= 11 is 6.03. The molecule has 2 heterocycles. The van der Waals surface area contributed by atoms with E-state index in [1.807, 2.05) is 26.0 Å². The molecule has 1 N–H and O–H groups in total. The van der Waals surface area contributed by atoms with Gasteiger partial charge in [-0.15, -0.1) is 0 Å². The van der Waals surface area contributed by atoms with E-state index in [0.29, 0.717) is 16.6 Å². The average Bonchev–Trinajstić information content (AvgIpc) is 3.13. The maximum atomic E-state index is 12.6. The molecule has 7 heteroatoms. The molecular weight excluding hydrogens is 328 g/mol. The molecule has 3 rings (SSSR count). The maximum absolute atomic E-state index is 12.6. The van der Waals surface area contributed by atoms with Crippen molar-refractivity contribution >= 4 is 23.3 Å². The van der Waals surface area contributed by atoms with Crippen LogP contribution in [-0.4, -0.2) is 20.8 Å². The fourth-order valence-corrected chi connectivity index (χ4v) is 2.87. The van der Waals surface area contributed by atoms with Crippen molar-refractivity contribution in [2.45, 2.75) is 26.7 Å². The molecule has 6 nitrogen and oxygen atoms in total. The molecule has 0 aliphatic carbocycles. The molecule has 0 spiro atoms. The number of carbonyl (C=O) groups is 1. The number of amides is 1. The topological polar surface area (TPSA) is 73.0 Å². The second-order valence-corrected chi connectivity index (χ2v) is 5.99. The summed E-state index contributed by atoms with van der Waals surface area (Å²) in [5.41, 5.74) is 2.30. The van der Waals surface area contributed by atoms with Crippen LogP contribution < -0.4 is 5.32 Å². The van der Waals surface area contributed by atoms with Gasteiger partial charge in [-0.1, -0.05) is 22.8 Å². The molecule has 3 aromatic rings. The average molecular weight is 345 g/mol. The summed E-state index contributed by atoms with van der Waals surface area (Å²) in [6, 6.07) is 9.00. The van der Waals surface area contributed by atoms with Crippen LogP contribution in [-0.2, 0) is 4.79 Å². The quantitative estimate of drug-likeness (QED) is 0.779. The van der Waals surface area contributed by atoms with Crippen molar-refractivity contribution < 1.29 is 9.32 Å². The normalized spacial score (nSPS) is 12.2. The lowest BCUT2D eigenvalue weighted by atomic mass is 9.99. The van der Waals surface area contributed by atoms with Crippen molar-refractivity contribution in [1.82, 2.24) is 14.9 Å². The minimum Gasteiger partial charge on any atom is -0.361 e. The summed E-state index contributed by atoms with van der Waals surface area (Å²) < 4.78 is 6.77. The Labute approximate surface area is 144 Å². The van der Waals surface area contributed by atoms with Gasteiger partial charge >= 0.3 is 0 Å². The zero-order chi connectivity index (χ0) is 17.3. The van der Waals surface area contributed by atoms with Gasteiger partial charge in [0.15, 0.2) is 0 Å². The fraction of sp³-hybridized carbons (Fsp3) is 0.235. The van der Waals surface area contributed by atoms with Crippen LogP contribution in [0.15, 0.2) is 41.1 Å². The molecular formula is C17H17ClN4O2. The van der Waals surface area contributed by atoms with Gasteiger partial charge in [-0.2, -0.15) is 5.10 Å². The molecule has 0 radical (unpaired) electrons. The molecule has 0 unspecified atom stereocenters. The van der Waals surface area contributed by atoms with Crippen LogP contribution in [0, 0.1) is 13.8 Å². The van der Waals surface area contributed by atoms with E-state index in [-0.39, 0.29) is 11.8 Å². The van der Waals surface area contributed by atoms with Crippen molar-refractivity contribution in [3.63, 3.8) is 0 Å². The number of aromatic nitrogens is 3. The van der Waals surface area contributed by atoms with Crippen LogP contribution in [0.3, 0.4) is 0 Å². The predicted molar refractivity (Wildman–Crippen MR) is 91.6 cm³/mol. The van der Waals surface area contributed by atoms with E-state index in [1.54, 1.807) is 36.0 Å². The Morgan fingerprint density at radius 1 is 1.33 bits per heavy atom. The summed E-state index contributed by atoms with van der Waals surface area (Å²) in [7, 11) is 0. The van der Waals surface area contributed by atoms with Gasteiger partial charge in [-0.3, -0.25) is 4.79 Å². The molecule has 0 aliphatic rings. The molecule has 0 bridgehead atoms. The molecule has 0 saturated carbocycles. The Morgan fingerprint density at radius 2 is 2.12 bits per heavy atom. The highest BCUT2D eigenvalue weighted by atomic mass is 35.5. The van der Waals surface area contributed by atoms with Crippen molar-refractivity contribution in [1.29, 1.82) is 0 Å². The molecule has 0 fully saturated rings. The van der Waals surface area contributed by atoms with E-state index in [4.69, 9.17) is 16.1 Å². The zero-order valence-corrected chi connectivity index (χ0v) is 14.3. The van der Waals surface area contributed by atoms with Crippen LogP contribution in [0.25, 0.3) is 5.69 Å². The summed E-state index contributed by atoms with van der Waals surface area (Å²) in [4.78, 5) is 12.6. The van der Waals surface area contributed by atoms with Crippen LogP contribution >= 0.6 is 11.6 Å². The Morgan fingerprint density at radius 3 is 2.79 bits per heavy atom. The Bertz CT molecular complexity index is 865. The summed E-state index contributed by atoms with van der Waals surface area (Å²) in [6.45, 7) is 5.45. The molecule has 1 aromatic carbocycles. The van der Waals surface area contributed by atoms with Gasteiger partial charge in [0.25, 0.3) is 0 Å². The van der Waals surface area contributed by atoms with Crippen LogP contribution in [0.2, 0.25) is 5.02 Å². The zero-order valence-electron chi connectivity index (χ0n) is 13.6. The van der Waals surface area contributed by atoms with Crippen molar-refractivity contribution in [3.05, 3.63) is 58.6 Å².